The van der Waals surface area contributed by atoms with Crippen molar-refractivity contribution in [1.29, 1.82) is 0 Å². The lowest BCUT2D eigenvalue weighted by Gasteiger charge is -2.12. The molecule has 0 spiro atoms. The lowest BCUT2D eigenvalue weighted by Crippen LogP contribution is -1.94. The largest absolute Gasteiger partial charge is 0.452 e. The molecule has 0 atom stereocenters. The lowest BCUT2D eigenvalue weighted by atomic mass is 9.91. The maximum atomic E-state index is 6.68. The summed E-state index contributed by atoms with van der Waals surface area (Å²) in [7, 11) is 0. The van der Waals surface area contributed by atoms with Crippen LogP contribution in [0.1, 0.15) is 0 Å². The topological polar surface area (TPSA) is 38.9 Å². The molecule has 264 valence electrons. The van der Waals surface area contributed by atoms with Gasteiger partial charge in [0.05, 0.1) is 0 Å². The van der Waals surface area contributed by atoms with Gasteiger partial charge < -0.3 is 4.42 Å². The van der Waals surface area contributed by atoms with E-state index in [2.05, 4.69) is 176 Å². The summed E-state index contributed by atoms with van der Waals surface area (Å²) in [6, 6.07) is 69.4. The Morgan fingerprint density at radius 3 is 1.58 bits per heavy atom. The second kappa shape index (κ2) is 12.5. The van der Waals surface area contributed by atoms with Crippen LogP contribution in [0.15, 0.2) is 199 Å². The van der Waals surface area contributed by atoms with Gasteiger partial charge in [-0.2, -0.15) is 0 Å². The van der Waals surface area contributed by atoms with E-state index in [9.17, 15) is 0 Å². The Hall–Kier alpha value is -7.62. The van der Waals surface area contributed by atoms with Gasteiger partial charge in [-0.3, -0.25) is 0 Å². The van der Waals surface area contributed by atoms with E-state index < -0.39 is 0 Å². The summed E-state index contributed by atoms with van der Waals surface area (Å²) in [5.74, 6) is 0.670. The molecule has 3 heteroatoms. The van der Waals surface area contributed by atoms with Crippen LogP contribution in [0.25, 0.3) is 121 Å². The fourth-order valence-corrected chi connectivity index (χ4v) is 8.86. The fraction of sp³-hybridized carbons (Fsp3) is 0. The summed E-state index contributed by atoms with van der Waals surface area (Å²) < 4.78 is 6.68. The highest BCUT2D eigenvalue weighted by Crippen LogP contribution is 2.41. The number of fused-ring (bicyclic) bond motifs is 12. The van der Waals surface area contributed by atoms with Crippen molar-refractivity contribution in [3.05, 3.63) is 194 Å². The van der Waals surface area contributed by atoms with Crippen LogP contribution < -0.4 is 0 Å². The van der Waals surface area contributed by atoms with Crippen LogP contribution in [0.4, 0.5) is 0 Å². The zero-order chi connectivity index (χ0) is 37.5. The first-order valence-electron chi connectivity index (χ1n) is 19.4. The second-order valence-corrected chi connectivity index (χ2v) is 14.9. The van der Waals surface area contributed by atoms with Crippen molar-refractivity contribution < 1.29 is 4.42 Å². The molecule has 10 aromatic carbocycles. The van der Waals surface area contributed by atoms with Crippen LogP contribution in [-0.2, 0) is 0 Å². The van der Waals surface area contributed by atoms with E-state index in [-0.39, 0.29) is 0 Å². The predicted molar refractivity (Wildman–Crippen MR) is 239 cm³/mol. The summed E-state index contributed by atoms with van der Waals surface area (Å²) in [5, 5.41) is 13.5. The molecule has 0 bridgehead atoms. The van der Waals surface area contributed by atoms with Crippen molar-refractivity contribution in [2.45, 2.75) is 0 Å². The lowest BCUT2D eigenvalue weighted by molar-refractivity contribution is 0.667. The number of hydrogen-bond acceptors (Lipinski definition) is 3. The number of benzene rings is 10. The Balaban J connectivity index is 1.01. The smallest absolute Gasteiger partial charge is 0.180 e. The van der Waals surface area contributed by atoms with Crippen molar-refractivity contribution in [2.75, 3.05) is 0 Å². The van der Waals surface area contributed by atoms with Crippen LogP contribution >= 0.6 is 0 Å². The van der Waals surface area contributed by atoms with E-state index in [1.54, 1.807) is 0 Å². The average molecular weight is 725 g/mol. The standard InChI is InChI=1S/C54H32N2O/c1-2-12-34(13-3-1)54-55-51(40-24-26-42-39(30-40)22-21-33-11-4-5-16-41(33)42)53-52(56-54)49-32-38(25-28-50(49)57-53)36-15-10-14-35(29-36)37-23-27-47-45-19-7-6-17-43(45)44-18-8-9-20-46(44)48(47)31-37/h1-32H. The summed E-state index contributed by atoms with van der Waals surface area (Å²) in [5.41, 5.74) is 9.60. The van der Waals surface area contributed by atoms with E-state index in [0.29, 0.717) is 11.4 Å². The number of hydrogen-bond donors (Lipinski definition) is 0. The van der Waals surface area contributed by atoms with E-state index in [0.717, 1.165) is 49.8 Å². The third kappa shape index (κ3) is 5.06. The molecule has 0 aliphatic heterocycles. The third-order valence-electron chi connectivity index (χ3n) is 11.6. The molecular formula is C54H32N2O. The zero-order valence-electron chi connectivity index (χ0n) is 30.8. The highest BCUT2D eigenvalue weighted by atomic mass is 16.3. The molecule has 0 N–H and O–H groups in total. The molecule has 57 heavy (non-hydrogen) atoms. The van der Waals surface area contributed by atoms with Crippen molar-refractivity contribution in [1.82, 2.24) is 9.97 Å². The Bertz CT molecular complexity index is 3550. The molecule has 12 rings (SSSR count). The van der Waals surface area contributed by atoms with Gasteiger partial charge in [-0.25, -0.2) is 9.97 Å². The molecule has 0 amide bonds. The molecule has 0 unspecified atom stereocenters. The van der Waals surface area contributed by atoms with Crippen LogP contribution in [0, 0.1) is 0 Å². The summed E-state index contributed by atoms with van der Waals surface area (Å²) in [6.45, 7) is 0. The van der Waals surface area contributed by atoms with Crippen LogP contribution in [0.2, 0.25) is 0 Å². The highest BCUT2D eigenvalue weighted by Gasteiger charge is 2.20. The molecule has 12 aromatic rings. The van der Waals surface area contributed by atoms with Gasteiger partial charge in [0.15, 0.2) is 11.4 Å². The Morgan fingerprint density at radius 2 is 0.825 bits per heavy atom. The van der Waals surface area contributed by atoms with E-state index in [1.165, 1.54) is 59.6 Å². The monoisotopic (exact) mass is 724 g/mol. The molecular weight excluding hydrogens is 693 g/mol. The Kier molecular flexibility index (Phi) is 6.93. The van der Waals surface area contributed by atoms with E-state index in [4.69, 9.17) is 14.4 Å². The summed E-state index contributed by atoms with van der Waals surface area (Å²) in [4.78, 5) is 10.4. The van der Waals surface area contributed by atoms with Gasteiger partial charge in [0.2, 0.25) is 0 Å². The first kappa shape index (κ1) is 31.7. The fourth-order valence-electron chi connectivity index (χ4n) is 8.86. The van der Waals surface area contributed by atoms with E-state index >= 15 is 0 Å². The van der Waals surface area contributed by atoms with Gasteiger partial charge in [0.25, 0.3) is 0 Å². The minimum Gasteiger partial charge on any atom is -0.452 e. The van der Waals surface area contributed by atoms with Gasteiger partial charge in [-0.1, -0.05) is 164 Å². The molecule has 0 saturated carbocycles. The molecule has 0 fully saturated rings. The van der Waals surface area contributed by atoms with Gasteiger partial charge in [-0.05, 0) is 106 Å². The number of furan rings is 1. The molecule has 0 saturated heterocycles. The molecule has 3 nitrogen and oxygen atoms in total. The SMILES string of the molecule is c1ccc(-c2nc(-c3ccc4c(ccc5ccccc54)c3)c3oc4ccc(-c5cccc(-c6ccc7c8ccccc8c8ccccc8c7c6)c5)cc4c3n2)cc1. The van der Waals surface area contributed by atoms with Crippen molar-refractivity contribution in [3.63, 3.8) is 0 Å². The number of nitrogens with zero attached hydrogens (tertiary/aromatic N) is 2. The quantitative estimate of drug-likeness (QED) is 0.170. The van der Waals surface area contributed by atoms with Gasteiger partial charge >= 0.3 is 0 Å². The van der Waals surface area contributed by atoms with Crippen LogP contribution in [0.3, 0.4) is 0 Å². The molecule has 0 aliphatic carbocycles. The maximum absolute atomic E-state index is 6.68. The first-order chi connectivity index (χ1) is 28.2. The van der Waals surface area contributed by atoms with E-state index in [1.807, 2.05) is 18.2 Å². The Labute approximate surface area is 328 Å². The normalized spacial score (nSPS) is 11.9. The zero-order valence-corrected chi connectivity index (χ0v) is 30.8. The maximum Gasteiger partial charge on any atom is 0.180 e. The Morgan fingerprint density at radius 1 is 0.298 bits per heavy atom. The van der Waals surface area contributed by atoms with Gasteiger partial charge in [-0.15, -0.1) is 0 Å². The van der Waals surface area contributed by atoms with Gasteiger partial charge in [0, 0.05) is 16.5 Å². The summed E-state index contributed by atoms with van der Waals surface area (Å²) in [6.07, 6.45) is 0. The average Bonchev–Trinajstić information content (AvgIpc) is 3.66. The third-order valence-corrected chi connectivity index (χ3v) is 11.6. The van der Waals surface area contributed by atoms with Crippen molar-refractivity contribution in [3.8, 4) is 44.9 Å². The predicted octanol–water partition coefficient (Wildman–Crippen LogP) is 14.8. The minimum absolute atomic E-state index is 0.670. The minimum atomic E-state index is 0.670. The number of rotatable bonds is 4. The number of aromatic nitrogens is 2. The van der Waals surface area contributed by atoms with Crippen LogP contribution in [0.5, 0.6) is 0 Å². The highest BCUT2D eigenvalue weighted by molar-refractivity contribution is 6.25. The molecule has 2 heterocycles. The second-order valence-electron chi connectivity index (χ2n) is 14.9. The first-order valence-corrected chi connectivity index (χ1v) is 19.4. The molecule has 0 aliphatic rings. The molecule has 2 aromatic heterocycles. The van der Waals surface area contributed by atoms with Crippen molar-refractivity contribution >= 4 is 75.9 Å². The molecule has 0 radical (unpaired) electrons. The van der Waals surface area contributed by atoms with Gasteiger partial charge in [0.1, 0.15) is 16.8 Å². The van der Waals surface area contributed by atoms with Crippen molar-refractivity contribution in [2.24, 2.45) is 0 Å². The summed E-state index contributed by atoms with van der Waals surface area (Å²) >= 11 is 0. The van der Waals surface area contributed by atoms with Crippen LogP contribution in [-0.4, -0.2) is 9.97 Å².